The van der Waals surface area contributed by atoms with Crippen molar-refractivity contribution in [3.63, 3.8) is 0 Å². The van der Waals surface area contributed by atoms with Gasteiger partial charge < -0.3 is 14.2 Å². The zero-order chi connectivity index (χ0) is 23.8. The lowest BCUT2D eigenvalue weighted by atomic mass is 9.80. The molecule has 1 saturated carbocycles. The van der Waals surface area contributed by atoms with E-state index in [4.69, 9.17) is 14.2 Å². The number of unbranched alkanes of at least 4 members (excludes halogenated alkanes) is 2. The van der Waals surface area contributed by atoms with Crippen LogP contribution in [0.3, 0.4) is 0 Å². The summed E-state index contributed by atoms with van der Waals surface area (Å²) in [4.78, 5) is 21.6. The lowest BCUT2D eigenvalue weighted by molar-refractivity contribution is -0.140. The van der Waals surface area contributed by atoms with Crippen LogP contribution in [-0.2, 0) is 9.53 Å². The van der Waals surface area contributed by atoms with Crippen LogP contribution >= 0.6 is 0 Å². The van der Waals surface area contributed by atoms with Gasteiger partial charge in [-0.3, -0.25) is 4.79 Å². The second kappa shape index (κ2) is 12.3. The van der Waals surface area contributed by atoms with Crippen LogP contribution in [0.1, 0.15) is 78.1 Å². The van der Waals surface area contributed by atoms with E-state index in [0.717, 1.165) is 55.8 Å². The minimum atomic E-state index is -0.167. The molecule has 1 aliphatic carbocycles. The first-order valence-electron chi connectivity index (χ1n) is 13.1. The Balaban J connectivity index is 1.29. The topological polar surface area (TPSA) is 73.8 Å². The maximum atomic E-state index is 12.7. The number of esters is 1. The largest absolute Gasteiger partial charge is 0.491 e. The average molecular weight is 467 g/mol. The lowest BCUT2D eigenvalue weighted by Crippen LogP contribution is -2.26. The molecule has 6 heteroatoms. The van der Waals surface area contributed by atoms with Crippen molar-refractivity contribution in [1.82, 2.24) is 9.97 Å². The van der Waals surface area contributed by atoms with Gasteiger partial charge >= 0.3 is 5.97 Å². The predicted molar refractivity (Wildman–Crippen MR) is 132 cm³/mol. The summed E-state index contributed by atoms with van der Waals surface area (Å²) in [6.07, 6.45) is 13.6. The number of carbonyl (C=O) groups excluding carboxylic acids is 1. The Morgan fingerprint density at radius 2 is 1.88 bits per heavy atom. The molecule has 0 unspecified atom stereocenters. The number of ether oxygens (including phenoxy) is 3. The normalized spacial score (nSPS) is 23.9. The van der Waals surface area contributed by atoms with E-state index in [1.54, 1.807) is 12.3 Å². The van der Waals surface area contributed by atoms with E-state index < -0.39 is 0 Å². The van der Waals surface area contributed by atoms with Gasteiger partial charge in [0.1, 0.15) is 18.5 Å². The van der Waals surface area contributed by atoms with Gasteiger partial charge in [-0.25, -0.2) is 4.98 Å². The van der Waals surface area contributed by atoms with Gasteiger partial charge in [0.2, 0.25) is 5.88 Å². The van der Waals surface area contributed by atoms with E-state index in [-0.39, 0.29) is 18.0 Å². The van der Waals surface area contributed by atoms with Crippen molar-refractivity contribution in [3.05, 3.63) is 36.5 Å². The molecule has 0 N–H and O–H groups in total. The summed E-state index contributed by atoms with van der Waals surface area (Å²) in [6.45, 7) is 4.95. The molecular weight excluding hydrogens is 428 g/mol. The van der Waals surface area contributed by atoms with Crippen molar-refractivity contribution in [1.29, 1.82) is 0 Å². The molecule has 1 aromatic carbocycles. The molecule has 0 amide bonds. The van der Waals surface area contributed by atoms with Gasteiger partial charge in [-0.15, -0.1) is 0 Å². The molecule has 0 spiro atoms. The summed E-state index contributed by atoms with van der Waals surface area (Å²) in [7, 11) is 0. The Labute approximate surface area is 203 Å². The number of nitrogens with zero attached hydrogens (tertiary/aromatic N) is 2. The predicted octanol–water partition coefficient (Wildman–Crippen LogP) is 6.38. The molecule has 0 bridgehead atoms. The van der Waals surface area contributed by atoms with Gasteiger partial charge in [0, 0.05) is 17.8 Å². The number of carbonyl (C=O) groups is 1. The van der Waals surface area contributed by atoms with Gasteiger partial charge in [-0.2, -0.15) is 4.98 Å². The number of hydrogen-bond acceptors (Lipinski definition) is 6. The third kappa shape index (κ3) is 7.02. The van der Waals surface area contributed by atoms with Crippen molar-refractivity contribution in [2.24, 2.45) is 11.8 Å². The summed E-state index contributed by atoms with van der Waals surface area (Å²) in [6, 6.07) is 9.33. The van der Waals surface area contributed by atoms with E-state index in [1.807, 2.05) is 24.3 Å². The Morgan fingerprint density at radius 1 is 1.03 bits per heavy atom. The minimum absolute atomic E-state index is 0.0289. The second-order valence-corrected chi connectivity index (χ2v) is 9.69. The van der Waals surface area contributed by atoms with Crippen molar-refractivity contribution in [3.8, 4) is 23.0 Å². The molecule has 2 atom stereocenters. The molecule has 2 aliphatic rings. The third-order valence-corrected chi connectivity index (χ3v) is 7.00. The fraction of sp³-hybridized carbons (Fsp3) is 0.607. The van der Waals surface area contributed by atoms with Crippen molar-refractivity contribution in [2.75, 3.05) is 6.61 Å². The molecule has 1 saturated heterocycles. The molecule has 2 fully saturated rings. The first kappa shape index (κ1) is 24.6. The molecule has 4 rings (SSSR count). The Hall–Kier alpha value is -2.47. The number of rotatable bonds is 12. The molecule has 6 nitrogen and oxygen atoms in total. The van der Waals surface area contributed by atoms with Crippen LogP contribution in [0.15, 0.2) is 36.5 Å². The van der Waals surface area contributed by atoms with Crippen LogP contribution in [0, 0.1) is 11.8 Å². The molecule has 34 heavy (non-hydrogen) atoms. The highest BCUT2D eigenvalue weighted by Gasteiger charge is 2.38. The zero-order valence-corrected chi connectivity index (χ0v) is 20.6. The average Bonchev–Trinajstić information content (AvgIpc) is 3.62. The summed E-state index contributed by atoms with van der Waals surface area (Å²) in [5.41, 5.74) is 0.824. The van der Waals surface area contributed by atoms with E-state index >= 15 is 0 Å². The lowest BCUT2D eigenvalue weighted by Gasteiger charge is -2.27. The van der Waals surface area contributed by atoms with Crippen LogP contribution in [-0.4, -0.2) is 34.8 Å². The van der Waals surface area contributed by atoms with Crippen molar-refractivity contribution in [2.45, 2.75) is 90.3 Å². The van der Waals surface area contributed by atoms with E-state index in [2.05, 4.69) is 23.8 Å². The summed E-state index contributed by atoms with van der Waals surface area (Å²) in [5.74, 6) is 2.14. The fourth-order valence-electron chi connectivity index (χ4n) is 4.86. The second-order valence-electron chi connectivity index (χ2n) is 9.69. The Morgan fingerprint density at radius 3 is 2.68 bits per heavy atom. The van der Waals surface area contributed by atoms with Crippen molar-refractivity contribution < 1.29 is 19.0 Å². The van der Waals surface area contributed by atoms with Crippen LogP contribution in [0.25, 0.3) is 11.4 Å². The van der Waals surface area contributed by atoms with Crippen LogP contribution in [0.5, 0.6) is 11.6 Å². The summed E-state index contributed by atoms with van der Waals surface area (Å²) in [5, 5.41) is 0. The van der Waals surface area contributed by atoms with Crippen LogP contribution in [0.4, 0.5) is 0 Å². The van der Waals surface area contributed by atoms with E-state index in [1.165, 1.54) is 25.7 Å². The van der Waals surface area contributed by atoms with E-state index in [0.29, 0.717) is 24.4 Å². The quantitative estimate of drug-likeness (QED) is 0.205. The molecule has 2 heterocycles. The monoisotopic (exact) mass is 466 g/mol. The summed E-state index contributed by atoms with van der Waals surface area (Å²) < 4.78 is 17.2. The first-order valence-corrected chi connectivity index (χ1v) is 13.1. The van der Waals surface area contributed by atoms with E-state index in [9.17, 15) is 4.79 Å². The van der Waals surface area contributed by atoms with Gasteiger partial charge in [0.15, 0.2) is 5.82 Å². The number of hydrogen-bond donors (Lipinski definition) is 0. The SMILES string of the molecule is CCCCCC1CCC(C(=O)Oc2ccnc(-c3cccc(OC[C@@H]4O[C@H]4CCC)c3)n2)CC1. The maximum absolute atomic E-state index is 12.7. The Kier molecular flexibility index (Phi) is 8.91. The minimum Gasteiger partial charge on any atom is -0.491 e. The van der Waals surface area contributed by atoms with Crippen LogP contribution in [0.2, 0.25) is 0 Å². The molecular formula is C28H38N2O4. The molecule has 0 radical (unpaired) electrons. The van der Waals surface area contributed by atoms with Crippen molar-refractivity contribution >= 4 is 5.97 Å². The highest BCUT2D eigenvalue weighted by atomic mass is 16.6. The smallest absolute Gasteiger partial charge is 0.315 e. The zero-order valence-electron chi connectivity index (χ0n) is 20.6. The molecule has 1 aliphatic heterocycles. The molecule has 2 aromatic rings. The number of aromatic nitrogens is 2. The third-order valence-electron chi connectivity index (χ3n) is 7.00. The highest BCUT2D eigenvalue weighted by molar-refractivity contribution is 5.75. The first-order chi connectivity index (χ1) is 16.7. The van der Waals surface area contributed by atoms with Crippen LogP contribution < -0.4 is 9.47 Å². The highest BCUT2D eigenvalue weighted by Crippen LogP contribution is 2.33. The number of epoxide rings is 1. The fourth-order valence-corrected chi connectivity index (χ4v) is 4.86. The summed E-state index contributed by atoms with van der Waals surface area (Å²) >= 11 is 0. The standard InChI is InChI=1S/C28H38N2O4/c1-3-5-6-9-20-12-14-21(15-13-20)28(31)34-26-16-17-29-27(30-26)22-10-7-11-23(18-22)32-19-25-24(33-25)8-4-2/h7,10-11,16-18,20-21,24-25H,3-6,8-9,12-15,19H2,1-2H3/t20?,21?,24-,25-/m0/s1. The molecule has 184 valence electrons. The maximum Gasteiger partial charge on any atom is 0.315 e. The Bertz CT molecular complexity index is 926. The van der Waals surface area contributed by atoms with Gasteiger partial charge in [0.05, 0.1) is 12.0 Å². The van der Waals surface area contributed by atoms with Gasteiger partial charge in [-0.1, -0.05) is 58.1 Å². The molecule has 1 aromatic heterocycles. The van der Waals surface area contributed by atoms with Gasteiger partial charge in [0.25, 0.3) is 0 Å². The number of benzene rings is 1. The van der Waals surface area contributed by atoms with Gasteiger partial charge in [-0.05, 0) is 50.2 Å².